The second-order valence-corrected chi connectivity index (χ2v) is 9.02. The molecule has 1 aliphatic rings. The smallest absolute Gasteiger partial charge is 0.296 e. The van der Waals surface area contributed by atoms with E-state index in [2.05, 4.69) is 5.32 Å². The minimum Gasteiger partial charge on any atom is -0.378 e. The van der Waals surface area contributed by atoms with E-state index in [1.807, 2.05) is 53.1 Å². The number of fused-ring (bicyclic) bond motifs is 1. The number of hydrogen-bond donors (Lipinski definition) is 1. The largest absolute Gasteiger partial charge is 0.378 e. The van der Waals surface area contributed by atoms with Gasteiger partial charge in [0.15, 0.2) is 0 Å². The van der Waals surface area contributed by atoms with Crippen LogP contribution in [0.1, 0.15) is 26.3 Å². The molecule has 2 amide bonds. The third-order valence-corrected chi connectivity index (χ3v) is 6.45. The predicted octanol–water partition coefficient (Wildman–Crippen LogP) is 4.64. The second-order valence-electron chi connectivity index (χ2n) is 8.58. The predicted molar refractivity (Wildman–Crippen MR) is 139 cm³/mol. The first-order valence-electron chi connectivity index (χ1n) is 11.6. The van der Waals surface area contributed by atoms with Gasteiger partial charge in [-0.15, -0.1) is 0 Å². The van der Waals surface area contributed by atoms with Crippen LogP contribution in [-0.2, 0) is 16.1 Å². The first kappa shape index (κ1) is 23.8. The van der Waals surface area contributed by atoms with Gasteiger partial charge in [-0.3, -0.25) is 14.4 Å². The minimum absolute atomic E-state index is 0.0826. The van der Waals surface area contributed by atoms with Crippen LogP contribution in [0, 0.1) is 0 Å². The van der Waals surface area contributed by atoms with Crippen LogP contribution in [0.4, 0.5) is 5.69 Å². The normalized spacial score (nSPS) is 13.5. The van der Waals surface area contributed by atoms with Gasteiger partial charge < -0.3 is 19.5 Å². The summed E-state index contributed by atoms with van der Waals surface area (Å²) in [6.45, 7) is 2.69. The van der Waals surface area contributed by atoms with Crippen LogP contribution < -0.4 is 5.32 Å². The number of amides is 2. The summed E-state index contributed by atoms with van der Waals surface area (Å²) in [5.74, 6) is -1.45. The number of ether oxygens (including phenoxy) is 1. The van der Waals surface area contributed by atoms with Crippen molar-refractivity contribution in [2.75, 3.05) is 31.6 Å². The van der Waals surface area contributed by atoms with Crippen molar-refractivity contribution in [1.29, 1.82) is 0 Å². The van der Waals surface area contributed by atoms with E-state index in [1.165, 1.54) is 0 Å². The topological polar surface area (TPSA) is 80.6 Å². The fourth-order valence-electron chi connectivity index (χ4n) is 4.30. The molecule has 0 radical (unpaired) electrons. The summed E-state index contributed by atoms with van der Waals surface area (Å²) in [5.41, 5.74) is 3.17. The van der Waals surface area contributed by atoms with Crippen molar-refractivity contribution in [3.63, 3.8) is 0 Å². The molecule has 1 N–H and O–H groups in total. The molecule has 0 bridgehead atoms. The Bertz CT molecular complexity index is 1420. The van der Waals surface area contributed by atoms with Gasteiger partial charge in [-0.25, -0.2) is 0 Å². The highest BCUT2D eigenvalue weighted by atomic mass is 35.5. The van der Waals surface area contributed by atoms with E-state index in [9.17, 15) is 14.4 Å². The molecule has 0 aliphatic carbocycles. The second kappa shape index (κ2) is 10.4. The lowest BCUT2D eigenvalue weighted by molar-refractivity contribution is -0.112. The van der Waals surface area contributed by atoms with Gasteiger partial charge in [0.2, 0.25) is 0 Å². The number of Topliss-reactive ketones (excluding diaryl/α,β-unsaturated/α-hetero) is 1. The van der Waals surface area contributed by atoms with Crippen molar-refractivity contribution in [2.24, 2.45) is 0 Å². The molecule has 7 nitrogen and oxygen atoms in total. The zero-order valence-corrected chi connectivity index (χ0v) is 20.2. The highest BCUT2D eigenvalue weighted by molar-refractivity contribution is 6.48. The van der Waals surface area contributed by atoms with Gasteiger partial charge in [-0.05, 0) is 48.0 Å². The molecule has 1 aromatic heterocycles. The van der Waals surface area contributed by atoms with Crippen LogP contribution in [0.3, 0.4) is 0 Å². The van der Waals surface area contributed by atoms with Crippen molar-refractivity contribution in [3.8, 4) is 0 Å². The molecule has 0 unspecified atom stereocenters. The summed E-state index contributed by atoms with van der Waals surface area (Å²) in [6, 6.07) is 21.5. The summed E-state index contributed by atoms with van der Waals surface area (Å²) in [4.78, 5) is 40.4. The third-order valence-electron chi connectivity index (χ3n) is 6.19. The molecule has 2 heterocycles. The van der Waals surface area contributed by atoms with Gasteiger partial charge in [0, 0.05) is 53.0 Å². The first-order chi connectivity index (χ1) is 17.5. The Balaban J connectivity index is 1.32. The summed E-state index contributed by atoms with van der Waals surface area (Å²) < 4.78 is 7.24. The number of anilines is 1. The molecule has 0 atom stereocenters. The van der Waals surface area contributed by atoms with Crippen LogP contribution >= 0.6 is 11.6 Å². The monoisotopic (exact) mass is 501 g/mol. The zero-order chi connectivity index (χ0) is 25.1. The Labute approximate surface area is 213 Å². The van der Waals surface area contributed by atoms with Crippen molar-refractivity contribution in [3.05, 3.63) is 101 Å². The van der Waals surface area contributed by atoms with Gasteiger partial charge in [-0.2, -0.15) is 0 Å². The van der Waals surface area contributed by atoms with E-state index in [0.717, 1.165) is 11.1 Å². The summed E-state index contributed by atoms with van der Waals surface area (Å²) in [7, 11) is 0. The molecule has 1 saturated heterocycles. The highest BCUT2D eigenvalue weighted by Gasteiger charge is 2.22. The molecule has 1 aliphatic heterocycles. The molecule has 182 valence electrons. The molecule has 5 rings (SSSR count). The molecule has 0 spiro atoms. The maximum Gasteiger partial charge on any atom is 0.296 e. The number of halogens is 1. The van der Waals surface area contributed by atoms with Gasteiger partial charge in [0.25, 0.3) is 17.6 Å². The van der Waals surface area contributed by atoms with Crippen molar-refractivity contribution < 1.29 is 19.1 Å². The molecule has 3 aromatic carbocycles. The SMILES string of the molecule is O=C(Nc1ccc(C(=O)N2CCOCC2)cc1)C(=O)c1cn(Cc2ccc(Cl)cc2)c2ccccc12. The quantitative estimate of drug-likeness (QED) is 0.308. The van der Waals surface area contributed by atoms with Crippen molar-refractivity contribution in [1.82, 2.24) is 9.47 Å². The minimum atomic E-state index is -0.739. The van der Waals surface area contributed by atoms with Crippen LogP contribution in [-0.4, -0.2) is 53.4 Å². The lowest BCUT2D eigenvalue weighted by atomic mass is 10.1. The van der Waals surface area contributed by atoms with E-state index < -0.39 is 11.7 Å². The number of carbonyl (C=O) groups excluding carboxylic acids is 3. The fraction of sp³-hybridized carbons (Fsp3) is 0.179. The molecular formula is C28H24ClN3O4. The number of morpholine rings is 1. The van der Waals surface area contributed by atoms with Crippen molar-refractivity contribution >= 4 is 45.8 Å². The maximum atomic E-state index is 13.1. The third kappa shape index (κ3) is 5.03. The Kier molecular flexibility index (Phi) is 6.84. The zero-order valence-electron chi connectivity index (χ0n) is 19.4. The van der Waals surface area contributed by atoms with E-state index in [4.69, 9.17) is 16.3 Å². The van der Waals surface area contributed by atoms with E-state index in [0.29, 0.717) is 60.1 Å². The molecule has 1 fully saturated rings. The van der Waals surface area contributed by atoms with Crippen LogP contribution in [0.15, 0.2) is 79.0 Å². The summed E-state index contributed by atoms with van der Waals surface area (Å²) in [6.07, 6.45) is 1.71. The van der Waals surface area contributed by atoms with Crippen LogP contribution in [0.25, 0.3) is 10.9 Å². The Morgan fingerprint density at radius 1 is 0.889 bits per heavy atom. The molecule has 36 heavy (non-hydrogen) atoms. The highest BCUT2D eigenvalue weighted by Crippen LogP contribution is 2.24. The number of rotatable bonds is 6. The van der Waals surface area contributed by atoms with Crippen molar-refractivity contribution in [2.45, 2.75) is 6.54 Å². The average Bonchev–Trinajstić information content (AvgIpc) is 3.28. The van der Waals surface area contributed by atoms with Crippen LogP contribution in [0.5, 0.6) is 0 Å². The van der Waals surface area contributed by atoms with Gasteiger partial charge in [0.1, 0.15) is 0 Å². The lowest BCUT2D eigenvalue weighted by Crippen LogP contribution is -2.40. The Hall–Kier alpha value is -3.94. The Morgan fingerprint density at radius 3 is 2.31 bits per heavy atom. The Morgan fingerprint density at radius 2 is 1.58 bits per heavy atom. The lowest BCUT2D eigenvalue weighted by Gasteiger charge is -2.26. The summed E-state index contributed by atoms with van der Waals surface area (Å²) in [5, 5.41) is 4.02. The number of carbonyl (C=O) groups is 3. The average molecular weight is 502 g/mol. The number of aromatic nitrogens is 1. The number of hydrogen-bond acceptors (Lipinski definition) is 4. The van der Waals surface area contributed by atoms with Crippen LogP contribution in [0.2, 0.25) is 5.02 Å². The number of ketones is 1. The number of benzene rings is 3. The molecular weight excluding hydrogens is 478 g/mol. The summed E-state index contributed by atoms with van der Waals surface area (Å²) >= 11 is 6.00. The molecule has 8 heteroatoms. The fourth-order valence-corrected chi connectivity index (χ4v) is 4.43. The number of nitrogens with one attached hydrogen (secondary N) is 1. The first-order valence-corrected chi connectivity index (χ1v) is 12.0. The van der Waals surface area contributed by atoms with Gasteiger partial charge in [-0.1, -0.05) is 41.9 Å². The van der Waals surface area contributed by atoms with Gasteiger partial charge in [0.05, 0.1) is 18.8 Å². The number of nitrogens with zero attached hydrogens (tertiary/aromatic N) is 2. The van der Waals surface area contributed by atoms with Gasteiger partial charge >= 0.3 is 0 Å². The standard InChI is InChI=1S/C28H24ClN3O4/c29-21-9-5-19(6-10-21)17-32-18-24(23-3-1-2-4-25(23)32)26(33)27(34)30-22-11-7-20(8-12-22)28(35)31-13-15-36-16-14-31/h1-12,18H,13-17H2,(H,30,34). The van der Waals surface area contributed by atoms with E-state index >= 15 is 0 Å². The van der Waals surface area contributed by atoms with E-state index in [-0.39, 0.29) is 5.91 Å². The van der Waals surface area contributed by atoms with E-state index in [1.54, 1.807) is 35.4 Å². The molecule has 0 saturated carbocycles. The number of para-hydroxylation sites is 1. The molecule has 4 aromatic rings. The maximum absolute atomic E-state index is 13.1.